The second-order valence-electron chi connectivity index (χ2n) is 5.78. The van der Waals surface area contributed by atoms with Gasteiger partial charge in [-0.25, -0.2) is 4.98 Å². The molecule has 1 fully saturated rings. The number of halogens is 1. The molecule has 8 nitrogen and oxygen atoms in total. The maximum atomic E-state index is 12.0. The lowest BCUT2D eigenvalue weighted by atomic mass is 10.4. The van der Waals surface area contributed by atoms with Crippen LogP contribution in [0.4, 0.5) is 0 Å². The number of aromatic nitrogens is 1. The summed E-state index contributed by atoms with van der Waals surface area (Å²) >= 11 is 1.34. The monoisotopic (exact) mass is 494 g/mol. The molecular formula is C16H27IN6O2S. The van der Waals surface area contributed by atoms with E-state index in [1.54, 1.807) is 5.51 Å². The normalized spacial score (nSPS) is 13.5. The summed E-state index contributed by atoms with van der Waals surface area (Å²) in [5, 5.41) is 12.0. The van der Waals surface area contributed by atoms with Crippen LogP contribution in [0.25, 0.3) is 0 Å². The first-order chi connectivity index (χ1) is 12.1. The molecule has 0 radical (unpaired) electrons. The molecule has 0 atom stereocenters. The minimum absolute atomic E-state index is 0. The van der Waals surface area contributed by atoms with Crippen molar-refractivity contribution in [3.63, 3.8) is 0 Å². The standard InChI is InChI=1S/C16H26N6O2S.HI/c1-3-17-16(20-8-6-18-14(23)12-4-5-12)21-9-7-19-15(24)13-11(2)22-10-25-13;/h10,12H,3-9H2,1-2H3,(H,18,23)(H,19,24)(H2,17,20,21);1H. The minimum Gasteiger partial charge on any atom is -0.357 e. The Labute approximate surface area is 175 Å². The molecule has 1 aliphatic carbocycles. The lowest BCUT2D eigenvalue weighted by Crippen LogP contribution is -2.42. The molecule has 0 bridgehead atoms. The lowest BCUT2D eigenvalue weighted by Gasteiger charge is -2.12. The molecule has 26 heavy (non-hydrogen) atoms. The van der Waals surface area contributed by atoms with E-state index >= 15 is 0 Å². The zero-order chi connectivity index (χ0) is 18.1. The molecule has 0 saturated heterocycles. The van der Waals surface area contributed by atoms with Crippen LogP contribution in [-0.2, 0) is 4.79 Å². The molecule has 1 aromatic rings. The Kier molecular flexibility index (Phi) is 10.5. The highest BCUT2D eigenvalue weighted by molar-refractivity contribution is 14.0. The molecule has 0 aromatic carbocycles. The van der Waals surface area contributed by atoms with E-state index in [0.717, 1.165) is 25.1 Å². The van der Waals surface area contributed by atoms with Crippen LogP contribution >= 0.6 is 35.3 Å². The van der Waals surface area contributed by atoms with Crippen molar-refractivity contribution >= 4 is 53.1 Å². The number of nitrogens with one attached hydrogen (secondary N) is 4. The van der Waals surface area contributed by atoms with Crippen molar-refractivity contribution in [3.8, 4) is 0 Å². The molecular weight excluding hydrogens is 467 g/mol. The van der Waals surface area contributed by atoms with Crippen LogP contribution in [0.3, 0.4) is 0 Å². The van der Waals surface area contributed by atoms with Crippen molar-refractivity contribution in [2.24, 2.45) is 10.9 Å². The topological polar surface area (TPSA) is 108 Å². The van der Waals surface area contributed by atoms with Crippen LogP contribution in [0.1, 0.15) is 35.1 Å². The van der Waals surface area contributed by atoms with Crippen molar-refractivity contribution in [3.05, 3.63) is 16.1 Å². The van der Waals surface area contributed by atoms with Gasteiger partial charge in [-0.15, -0.1) is 35.3 Å². The molecule has 10 heteroatoms. The van der Waals surface area contributed by atoms with E-state index in [4.69, 9.17) is 0 Å². The number of rotatable bonds is 9. The first-order valence-corrected chi connectivity index (χ1v) is 9.48. The Balaban J connectivity index is 0.00000338. The number of carbonyl (C=O) groups is 2. The highest BCUT2D eigenvalue weighted by Crippen LogP contribution is 2.28. The number of hydrogen-bond acceptors (Lipinski definition) is 5. The van der Waals surface area contributed by atoms with Crippen molar-refractivity contribution < 1.29 is 9.59 Å². The fourth-order valence-electron chi connectivity index (χ4n) is 2.14. The SMILES string of the molecule is CCNC(=NCCNC(=O)C1CC1)NCCNC(=O)c1scnc1C.I. The number of amides is 2. The fourth-order valence-corrected chi connectivity index (χ4v) is 2.85. The van der Waals surface area contributed by atoms with Gasteiger partial charge in [-0.3, -0.25) is 14.6 Å². The van der Waals surface area contributed by atoms with Crippen LogP contribution in [0.2, 0.25) is 0 Å². The molecule has 4 N–H and O–H groups in total. The molecule has 0 aliphatic heterocycles. The Morgan fingerprint density at radius 2 is 1.92 bits per heavy atom. The second kappa shape index (κ2) is 12.0. The van der Waals surface area contributed by atoms with E-state index in [0.29, 0.717) is 37.0 Å². The Morgan fingerprint density at radius 1 is 1.19 bits per heavy atom. The van der Waals surface area contributed by atoms with Crippen LogP contribution in [-0.4, -0.2) is 55.5 Å². The van der Waals surface area contributed by atoms with E-state index in [1.807, 2.05) is 13.8 Å². The highest BCUT2D eigenvalue weighted by atomic mass is 127. The average molecular weight is 494 g/mol. The van der Waals surface area contributed by atoms with Gasteiger partial charge in [-0.05, 0) is 26.7 Å². The Bertz CT molecular complexity index is 618. The van der Waals surface area contributed by atoms with Crippen molar-refractivity contribution in [1.82, 2.24) is 26.3 Å². The summed E-state index contributed by atoms with van der Waals surface area (Å²) in [6, 6.07) is 0. The molecule has 2 rings (SSSR count). The van der Waals surface area contributed by atoms with Gasteiger partial charge in [0.25, 0.3) is 5.91 Å². The molecule has 1 aromatic heterocycles. The van der Waals surface area contributed by atoms with Gasteiger partial charge in [0.05, 0.1) is 17.7 Å². The summed E-state index contributed by atoms with van der Waals surface area (Å²) < 4.78 is 0. The fraction of sp³-hybridized carbons (Fsp3) is 0.625. The quantitative estimate of drug-likeness (QED) is 0.177. The highest BCUT2D eigenvalue weighted by Gasteiger charge is 2.28. The lowest BCUT2D eigenvalue weighted by molar-refractivity contribution is -0.122. The van der Waals surface area contributed by atoms with Gasteiger partial charge in [0.1, 0.15) is 4.88 Å². The van der Waals surface area contributed by atoms with Crippen LogP contribution in [0.5, 0.6) is 0 Å². The first kappa shape index (κ1) is 22.6. The predicted molar refractivity (Wildman–Crippen MR) is 114 cm³/mol. The summed E-state index contributed by atoms with van der Waals surface area (Å²) in [7, 11) is 0. The van der Waals surface area contributed by atoms with Gasteiger partial charge in [0, 0.05) is 32.1 Å². The average Bonchev–Trinajstić information content (AvgIpc) is 3.36. The van der Waals surface area contributed by atoms with E-state index in [1.165, 1.54) is 11.3 Å². The van der Waals surface area contributed by atoms with Crippen LogP contribution < -0.4 is 21.3 Å². The maximum Gasteiger partial charge on any atom is 0.263 e. The third-order valence-electron chi connectivity index (χ3n) is 3.63. The number of nitrogens with zero attached hydrogens (tertiary/aromatic N) is 2. The van der Waals surface area contributed by atoms with Crippen molar-refractivity contribution in [2.75, 3.05) is 32.7 Å². The summed E-state index contributed by atoms with van der Waals surface area (Å²) in [4.78, 5) is 32.6. The molecule has 0 unspecified atom stereocenters. The van der Waals surface area contributed by atoms with Crippen LogP contribution in [0.15, 0.2) is 10.5 Å². The number of hydrogen-bond donors (Lipinski definition) is 4. The summed E-state index contributed by atoms with van der Waals surface area (Å²) in [5.74, 6) is 0.924. The molecule has 1 saturated carbocycles. The van der Waals surface area contributed by atoms with Gasteiger partial charge >= 0.3 is 0 Å². The van der Waals surface area contributed by atoms with Crippen molar-refractivity contribution in [1.29, 1.82) is 0 Å². The Hall–Kier alpha value is -1.43. The number of thiazole rings is 1. The summed E-state index contributed by atoms with van der Waals surface area (Å²) in [5.41, 5.74) is 2.42. The van der Waals surface area contributed by atoms with Gasteiger partial charge in [0.2, 0.25) is 5.91 Å². The number of guanidine groups is 1. The van der Waals surface area contributed by atoms with E-state index in [9.17, 15) is 9.59 Å². The van der Waals surface area contributed by atoms with E-state index < -0.39 is 0 Å². The molecule has 1 heterocycles. The van der Waals surface area contributed by atoms with Gasteiger partial charge in [0.15, 0.2) is 5.96 Å². The summed E-state index contributed by atoms with van der Waals surface area (Å²) in [6.45, 7) is 6.64. The second-order valence-corrected chi connectivity index (χ2v) is 6.63. The third-order valence-corrected chi connectivity index (χ3v) is 4.56. The first-order valence-electron chi connectivity index (χ1n) is 8.60. The zero-order valence-corrected chi connectivity index (χ0v) is 18.3. The number of aliphatic imine (C=N–C) groups is 1. The van der Waals surface area contributed by atoms with Crippen molar-refractivity contribution in [2.45, 2.75) is 26.7 Å². The molecule has 2 amide bonds. The van der Waals surface area contributed by atoms with E-state index in [2.05, 4.69) is 31.2 Å². The van der Waals surface area contributed by atoms with Gasteiger partial charge in [-0.2, -0.15) is 0 Å². The molecule has 1 aliphatic rings. The largest absolute Gasteiger partial charge is 0.357 e. The predicted octanol–water partition coefficient (Wildman–Crippen LogP) is 0.881. The summed E-state index contributed by atoms with van der Waals surface area (Å²) in [6.07, 6.45) is 2.01. The number of aryl methyl sites for hydroxylation is 1. The van der Waals surface area contributed by atoms with E-state index in [-0.39, 0.29) is 41.7 Å². The smallest absolute Gasteiger partial charge is 0.263 e. The minimum atomic E-state index is -0.105. The molecule has 0 spiro atoms. The third kappa shape index (κ3) is 7.85. The molecule has 146 valence electrons. The van der Waals surface area contributed by atoms with Crippen LogP contribution in [0, 0.1) is 12.8 Å². The van der Waals surface area contributed by atoms with Gasteiger partial charge in [-0.1, -0.05) is 0 Å². The van der Waals surface area contributed by atoms with Gasteiger partial charge < -0.3 is 21.3 Å². The maximum absolute atomic E-state index is 12.0. The zero-order valence-electron chi connectivity index (χ0n) is 15.1. The Morgan fingerprint density at radius 3 is 2.54 bits per heavy atom. The number of carbonyl (C=O) groups excluding carboxylic acids is 2.